The molecular formula is C13H14ClNO. The molecule has 1 aromatic carbocycles. The van der Waals surface area contributed by atoms with Crippen LogP contribution in [0.15, 0.2) is 24.4 Å². The van der Waals surface area contributed by atoms with E-state index in [4.69, 9.17) is 11.6 Å². The zero-order valence-electron chi connectivity index (χ0n) is 9.38. The number of aromatic nitrogens is 1. The van der Waals surface area contributed by atoms with Gasteiger partial charge in [0.25, 0.3) is 0 Å². The zero-order chi connectivity index (χ0) is 11.7. The molecule has 0 saturated carbocycles. The maximum atomic E-state index is 12.0. The molecule has 0 spiro atoms. The van der Waals surface area contributed by atoms with Crippen LogP contribution < -0.4 is 0 Å². The summed E-state index contributed by atoms with van der Waals surface area (Å²) in [6.45, 7) is 4.08. The van der Waals surface area contributed by atoms with Gasteiger partial charge in [0.15, 0.2) is 5.78 Å². The number of hydrogen-bond acceptors (Lipinski definition) is 1. The van der Waals surface area contributed by atoms with Crippen molar-refractivity contribution in [2.75, 3.05) is 0 Å². The molecule has 2 aromatic rings. The van der Waals surface area contributed by atoms with Gasteiger partial charge in [0.05, 0.1) is 0 Å². The Morgan fingerprint density at radius 3 is 2.88 bits per heavy atom. The first kappa shape index (κ1) is 11.2. The van der Waals surface area contributed by atoms with Gasteiger partial charge < -0.3 is 4.98 Å². The van der Waals surface area contributed by atoms with Gasteiger partial charge in [0, 0.05) is 34.1 Å². The average Bonchev–Trinajstić information content (AvgIpc) is 2.59. The highest BCUT2D eigenvalue weighted by molar-refractivity contribution is 6.31. The number of H-pyrrole nitrogens is 1. The first-order valence-electron chi connectivity index (χ1n) is 5.37. The second-order valence-electron chi connectivity index (χ2n) is 4.41. The number of carbonyl (C=O) groups is 1. The molecule has 0 bridgehead atoms. The van der Waals surface area contributed by atoms with Crippen LogP contribution in [-0.2, 0) is 0 Å². The highest BCUT2D eigenvalue weighted by Crippen LogP contribution is 2.24. The number of halogens is 1. The molecule has 84 valence electrons. The van der Waals surface area contributed by atoms with Crippen molar-refractivity contribution in [3.63, 3.8) is 0 Å². The van der Waals surface area contributed by atoms with Crippen molar-refractivity contribution in [2.45, 2.75) is 20.3 Å². The van der Waals surface area contributed by atoms with Crippen LogP contribution in [0, 0.1) is 5.92 Å². The van der Waals surface area contributed by atoms with Crippen molar-refractivity contribution < 1.29 is 4.79 Å². The Bertz CT molecular complexity index is 528. The van der Waals surface area contributed by atoms with Gasteiger partial charge in [-0.2, -0.15) is 0 Å². The number of aromatic amines is 1. The third kappa shape index (κ3) is 2.12. The summed E-state index contributed by atoms with van der Waals surface area (Å²) < 4.78 is 0. The molecule has 0 amide bonds. The Hall–Kier alpha value is -1.28. The minimum atomic E-state index is 0.170. The van der Waals surface area contributed by atoms with E-state index < -0.39 is 0 Å². The Balaban J connectivity index is 2.44. The van der Waals surface area contributed by atoms with Crippen LogP contribution in [-0.4, -0.2) is 10.8 Å². The molecule has 0 unspecified atom stereocenters. The molecule has 2 rings (SSSR count). The van der Waals surface area contributed by atoms with Crippen molar-refractivity contribution in [1.82, 2.24) is 4.98 Å². The normalized spacial score (nSPS) is 11.2. The quantitative estimate of drug-likeness (QED) is 0.800. The highest BCUT2D eigenvalue weighted by Gasteiger charge is 2.13. The van der Waals surface area contributed by atoms with Gasteiger partial charge in [-0.25, -0.2) is 0 Å². The number of carbonyl (C=O) groups excluding carboxylic acids is 1. The number of hydrogen-bond donors (Lipinski definition) is 1. The van der Waals surface area contributed by atoms with Crippen molar-refractivity contribution >= 4 is 28.3 Å². The lowest BCUT2D eigenvalue weighted by Crippen LogP contribution is -2.02. The van der Waals surface area contributed by atoms with Crippen molar-refractivity contribution in [3.05, 3.63) is 35.0 Å². The van der Waals surface area contributed by atoms with Crippen LogP contribution in [0.1, 0.15) is 30.6 Å². The summed E-state index contributed by atoms with van der Waals surface area (Å²) in [6, 6.07) is 5.54. The van der Waals surface area contributed by atoms with Gasteiger partial charge in [-0.15, -0.1) is 0 Å². The van der Waals surface area contributed by atoms with Gasteiger partial charge in [-0.05, 0) is 24.1 Å². The maximum Gasteiger partial charge on any atom is 0.165 e. The van der Waals surface area contributed by atoms with Crippen LogP contribution in [0.5, 0.6) is 0 Å². The van der Waals surface area contributed by atoms with Crippen LogP contribution in [0.25, 0.3) is 10.9 Å². The number of fused-ring (bicyclic) bond motifs is 1. The van der Waals surface area contributed by atoms with Crippen LogP contribution in [0.2, 0.25) is 5.02 Å². The lowest BCUT2D eigenvalue weighted by molar-refractivity contribution is 0.0969. The summed E-state index contributed by atoms with van der Waals surface area (Å²) >= 11 is 5.93. The first-order chi connectivity index (χ1) is 7.58. The van der Waals surface area contributed by atoms with Gasteiger partial charge in [-0.1, -0.05) is 25.4 Å². The number of Topliss-reactive ketones (excluding diaryl/α,β-unsaturated/α-hetero) is 1. The topological polar surface area (TPSA) is 32.9 Å². The Kier molecular flexibility index (Phi) is 3.01. The summed E-state index contributed by atoms with van der Waals surface area (Å²) in [5.41, 5.74) is 1.70. The SMILES string of the molecule is CC(C)CC(=O)c1c[nH]c2ccc(Cl)cc12. The third-order valence-electron chi connectivity index (χ3n) is 2.54. The summed E-state index contributed by atoms with van der Waals surface area (Å²) in [6.07, 6.45) is 2.34. The van der Waals surface area contributed by atoms with Crippen molar-refractivity contribution in [3.8, 4) is 0 Å². The molecule has 3 heteroatoms. The van der Waals surface area contributed by atoms with Crippen LogP contribution >= 0.6 is 11.6 Å². The fraction of sp³-hybridized carbons (Fsp3) is 0.308. The summed E-state index contributed by atoms with van der Waals surface area (Å²) in [5.74, 6) is 0.542. The highest BCUT2D eigenvalue weighted by atomic mass is 35.5. The van der Waals surface area contributed by atoms with E-state index in [1.165, 1.54) is 0 Å². The summed E-state index contributed by atoms with van der Waals surface area (Å²) in [5, 5.41) is 1.57. The van der Waals surface area contributed by atoms with E-state index in [1.807, 2.05) is 32.0 Å². The van der Waals surface area contributed by atoms with Crippen molar-refractivity contribution in [2.24, 2.45) is 5.92 Å². The monoisotopic (exact) mass is 235 g/mol. The van der Waals surface area contributed by atoms with Gasteiger partial charge in [0.1, 0.15) is 0 Å². The molecule has 0 radical (unpaired) electrons. The van der Waals surface area contributed by atoms with Crippen LogP contribution in [0.3, 0.4) is 0 Å². The van der Waals surface area contributed by atoms with E-state index >= 15 is 0 Å². The van der Waals surface area contributed by atoms with Gasteiger partial charge in [-0.3, -0.25) is 4.79 Å². The Morgan fingerprint density at radius 2 is 2.19 bits per heavy atom. The van der Waals surface area contributed by atoms with Crippen LogP contribution in [0.4, 0.5) is 0 Å². The maximum absolute atomic E-state index is 12.0. The van der Waals surface area contributed by atoms with E-state index in [0.717, 1.165) is 16.5 Å². The molecule has 2 nitrogen and oxygen atoms in total. The lowest BCUT2D eigenvalue weighted by Gasteiger charge is -2.02. The predicted molar refractivity (Wildman–Crippen MR) is 67.1 cm³/mol. The largest absolute Gasteiger partial charge is 0.360 e. The Labute approximate surface area is 99.6 Å². The van der Waals surface area contributed by atoms with E-state index in [1.54, 1.807) is 6.20 Å². The minimum Gasteiger partial charge on any atom is -0.360 e. The Morgan fingerprint density at radius 1 is 1.44 bits per heavy atom. The second kappa shape index (κ2) is 4.30. The molecular weight excluding hydrogens is 222 g/mol. The number of rotatable bonds is 3. The number of nitrogens with one attached hydrogen (secondary N) is 1. The van der Waals surface area contributed by atoms with E-state index in [2.05, 4.69) is 4.98 Å². The predicted octanol–water partition coefficient (Wildman–Crippen LogP) is 4.05. The molecule has 1 aromatic heterocycles. The molecule has 0 atom stereocenters. The first-order valence-corrected chi connectivity index (χ1v) is 5.75. The third-order valence-corrected chi connectivity index (χ3v) is 2.77. The standard InChI is InChI=1S/C13H14ClNO/c1-8(2)5-13(16)11-7-15-12-4-3-9(14)6-10(11)12/h3-4,6-8,15H,5H2,1-2H3. The van der Waals surface area contributed by atoms with Gasteiger partial charge >= 0.3 is 0 Å². The molecule has 16 heavy (non-hydrogen) atoms. The summed E-state index contributed by atoms with van der Waals surface area (Å²) in [7, 11) is 0. The fourth-order valence-electron chi connectivity index (χ4n) is 1.80. The van der Waals surface area contributed by atoms with Gasteiger partial charge in [0.2, 0.25) is 0 Å². The summed E-state index contributed by atoms with van der Waals surface area (Å²) in [4.78, 5) is 15.1. The molecule has 0 aliphatic heterocycles. The van der Waals surface area contributed by atoms with E-state index in [0.29, 0.717) is 17.4 Å². The molecule has 1 heterocycles. The molecule has 0 saturated heterocycles. The lowest BCUT2D eigenvalue weighted by atomic mass is 10.0. The number of benzene rings is 1. The number of ketones is 1. The molecule has 0 aliphatic carbocycles. The zero-order valence-corrected chi connectivity index (χ0v) is 10.1. The van der Waals surface area contributed by atoms with E-state index in [9.17, 15) is 4.79 Å². The fourth-order valence-corrected chi connectivity index (χ4v) is 1.98. The molecule has 0 fully saturated rings. The van der Waals surface area contributed by atoms with Crippen molar-refractivity contribution in [1.29, 1.82) is 0 Å². The minimum absolute atomic E-state index is 0.170. The molecule has 0 aliphatic rings. The average molecular weight is 236 g/mol. The molecule has 1 N–H and O–H groups in total. The smallest absolute Gasteiger partial charge is 0.165 e. The second-order valence-corrected chi connectivity index (χ2v) is 4.85. The van der Waals surface area contributed by atoms with E-state index in [-0.39, 0.29) is 5.78 Å².